The lowest BCUT2D eigenvalue weighted by Gasteiger charge is -2.19. The molecule has 6 heteroatoms. The minimum Gasteiger partial charge on any atom is -0.456 e. The molecular weight excluding hydrogens is 266 g/mol. The third-order valence-corrected chi connectivity index (χ3v) is 2.19. The van der Waals surface area contributed by atoms with Gasteiger partial charge in [-0.2, -0.15) is 0 Å². The molecule has 0 aliphatic carbocycles. The van der Waals surface area contributed by atoms with E-state index in [0.29, 0.717) is 10.6 Å². The topological polar surface area (TPSA) is 75.1 Å². The molecule has 0 atom stereocenters. The monoisotopic (exact) mass is 279 g/mol. The molecule has 0 amide bonds. The number of carbonyl (C=O) groups is 1. The third-order valence-electron chi connectivity index (χ3n) is 1.93. The Bertz CT molecular complexity index is 538. The van der Waals surface area contributed by atoms with Crippen molar-refractivity contribution in [3.05, 3.63) is 51.0 Å². The number of esters is 1. The summed E-state index contributed by atoms with van der Waals surface area (Å²) >= 11 is 5.76. The first-order valence-corrected chi connectivity index (χ1v) is 5.95. The average molecular weight is 280 g/mol. The largest absolute Gasteiger partial charge is 0.456 e. The van der Waals surface area contributed by atoms with Gasteiger partial charge in [0.25, 0.3) is 0 Å². The molecule has 1 aromatic carbocycles. The molecule has 0 bridgehead atoms. The second-order valence-corrected chi connectivity index (χ2v) is 5.21. The molecule has 0 saturated carbocycles. The fraction of sp³-hybridized carbons (Fsp3) is 0.308. The Labute approximate surface area is 116 Å². The third kappa shape index (κ3) is 5.46. The van der Waals surface area contributed by atoms with Crippen molar-refractivity contribution in [2.45, 2.75) is 26.4 Å². The average Bonchev–Trinajstić information content (AvgIpc) is 2.29. The van der Waals surface area contributed by atoms with Gasteiger partial charge in [-0.15, -0.1) is 0 Å². The maximum atomic E-state index is 11.8. The van der Waals surface area contributed by atoms with Gasteiger partial charge in [-0.05, 0) is 50.1 Å². The summed E-state index contributed by atoms with van der Waals surface area (Å²) in [6, 6.07) is 6.77. The summed E-state index contributed by atoms with van der Waals surface area (Å²) in [4.78, 5) is 14.5. The van der Waals surface area contributed by atoms with Crippen LogP contribution in [0.15, 0.2) is 35.1 Å². The van der Waals surface area contributed by atoms with E-state index in [2.05, 4.69) is 10.0 Å². The molecule has 0 heterocycles. The number of azide groups is 1. The van der Waals surface area contributed by atoms with Gasteiger partial charge in [0.15, 0.2) is 0 Å². The van der Waals surface area contributed by atoms with Crippen molar-refractivity contribution in [2.75, 3.05) is 0 Å². The van der Waals surface area contributed by atoms with E-state index < -0.39 is 11.6 Å². The lowest BCUT2D eigenvalue weighted by Crippen LogP contribution is -2.24. The number of ether oxygens (including phenoxy) is 1. The molecule has 0 aliphatic rings. The number of halogens is 1. The highest BCUT2D eigenvalue weighted by molar-refractivity contribution is 6.30. The van der Waals surface area contributed by atoms with Crippen LogP contribution in [0.25, 0.3) is 16.5 Å². The van der Waals surface area contributed by atoms with Crippen LogP contribution in [0.5, 0.6) is 0 Å². The lowest BCUT2D eigenvalue weighted by atomic mass is 10.1. The second-order valence-electron chi connectivity index (χ2n) is 4.77. The van der Waals surface area contributed by atoms with E-state index in [-0.39, 0.29) is 5.70 Å². The predicted octanol–water partition coefficient (Wildman–Crippen LogP) is 4.33. The van der Waals surface area contributed by atoms with Crippen LogP contribution in [0.1, 0.15) is 26.3 Å². The molecule has 100 valence electrons. The van der Waals surface area contributed by atoms with Gasteiger partial charge in [-0.25, -0.2) is 4.79 Å². The van der Waals surface area contributed by atoms with E-state index in [1.165, 1.54) is 6.08 Å². The Morgan fingerprint density at radius 3 is 2.42 bits per heavy atom. The number of hydrogen-bond donors (Lipinski definition) is 0. The van der Waals surface area contributed by atoms with Crippen molar-refractivity contribution in [3.63, 3.8) is 0 Å². The number of hydrogen-bond acceptors (Lipinski definition) is 3. The Morgan fingerprint density at radius 2 is 1.95 bits per heavy atom. The zero-order chi connectivity index (χ0) is 14.5. The van der Waals surface area contributed by atoms with Crippen molar-refractivity contribution in [1.82, 2.24) is 0 Å². The van der Waals surface area contributed by atoms with Crippen molar-refractivity contribution < 1.29 is 9.53 Å². The molecule has 0 spiro atoms. The summed E-state index contributed by atoms with van der Waals surface area (Å²) < 4.78 is 5.15. The SMILES string of the molecule is CC(C)(C)OC(=O)/C(=C/c1ccc(Cl)cc1)N=[N+]=[N-]. The van der Waals surface area contributed by atoms with E-state index in [9.17, 15) is 4.79 Å². The molecule has 0 unspecified atom stereocenters. The van der Waals surface area contributed by atoms with E-state index in [1.54, 1.807) is 45.0 Å². The van der Waals surface area contributed by atoms with Gasteiger partial charge in [-0.1, -0.05) is 28.8 Å². The van der Waals surface area contributed by atoms with Crippen LogP contribution >= 0.6 is 11.6 Å². The maximum Gasteiger partial charge on any atom is 0.341 e. The summed E-state index contributed by atoms with van der Waals surface area (Å²) in [5, 5.41) is 3.94. The Balaban J connectivity index is 3.03. The minimum atomic E-state index is -0.666. The normalized spacial score (nSPS) is 11.7. The summed E-state index contributed by atoms with van der Waals surface area (Å²) in [6.07, 6.45) is 1.45. The van der Waals surface area contributed by atoms with Gasteiger partial charge >= 0.3 is 5.97 Å². The van der Waals surface area contributed by atoms with Gasteiger partial charge in [-0.3, -0.25) is 0 Å². The molecule has 5 nitrogen and oxygen atoms in total. The molecule has 19 heavy (non-hydrogen) atoms. The summed E-state index contributed by atoms with van der Waals surface area (Å²) in [7, 11) is 0. The number of nitrogens with zero attached hydrogens (tertiary/aromatic N) is 3. The van der Waals surface area contributed by atoms with E-state index in [1.807, 2.05) is 0 Å². The Kier molecular flexibility index (Phi) is 4.98. The van der Waals surface area contributed by atoms with Crippen LogP contribution in [-0.2, 0) is 9.53 Å². The molecule has 0 aliphatic heterocycles. The van der Waals surface area contributed by atoms with Crippen LogP contribution in [0.4, 0.5) is 0 Å². The first-order chi connectivity index (χ1) is 8.81. The quantitative estimate of drug-likeness (QED) is 0.271. The van der Waals surface area contributed by atoms with Gasteiger partial charge in [0, 0.05) is 9.93 Å². The molecule has 1 rings (SSSR count). The molecule has 0 aromatic heterocycles. The minimum absolute atomic E-state index is 0.0975. The number of benzene rings is 1. The van der Waals surface area contributed by atoms with Crippen LogP contribution < -0.4 is 0 Å². The molecular formula is C13H14ClN3O2. The van der Waals surface area contributed by atoms with E-state index in [4.69, 9.17) is 21.9 Å². The first kappa shape index (κ1) is 15.1. The van der Waals surface area contributed by atoms with Crippen molar-refractivity contribution in [2.24, 2.45) is 5.11 Å². The summed E-state index contributed by atoms with van der Waals surface area (Å²) in [6.45, 7) is 5.21. The van der Waals surface area contributed by atoms with E-state index in [0.717, 1.165) is 0 Å². The molecule has 0 saturated heterocycles. The van der Waals surface area contributed by atoms with Crippen LogP contribution in [0.2, 0.25) is 5.02 Å². The predicted molar refractivity (Wildman–Crippen MR) is 74.4 cm³/mol. The van der Waals surface area contributed by atoms with Crippen molar-refractivity contribution in [1.29, 1.82) is 0 Å². The van der Waals surface area contributed by atoms with Crippen molar-refractivity contribution >= 4 is 23.6 Å². The molecule has 0 fully saturated rings. The van der Waals surface area contributed by atoms with Gasteiger partial charge in [0.2, 0.25) is 0 Å². The zero-order valence-electron chi connectivity index (χ0n) is 10.9. The van der Waals surface area contributed by atoms with Crippen LogP contribution in [-0.4, -0.2) is 11.6 Å². The summed E-state index contributed by atoms with van der Waals surface area (Å²) in [5.41, 5.74) is 8.44. The second kappa shape index (κ2) is 6.27. The van der Waals surface area contributed by atoms with Crippen LogP contribution in [0, 0.1) is 0 Å². The standard InChI is InChI=1S/C13H14ClN3O2/c1-13(2,3)19-12(18)11(16-17-15)8-9-4-6-10(14)7-5-9/h4-8H,1-3H3/b11-8-. The smallest absolute Gasteiger partial charge is 0.341 e. The highest BCUT2D eigenvalue weighted by atomic mass is 35.5. The van der Waals surface area contributed by atoms with Crippen molar-refractivity contribution in [3.8, 4) is 0 Å². The van der Waals surface area contributed by atoms with Gasteiger partial charge < -0.3 is 4.74 Å². The number of carbonyl (C=O) groups excluding carboxylic acids is 1. The zero-order valence-corrected chi connectivity index (χ0v) is 11.7. The maximum absolute atomic E-state index is 11.8. The molecule has 0 N–H and O–H groups in total. The van der Waals surface area contributed by atoms with Crippen LogP contribution in [0.3, 0.4) is 0 Å². The number of rotatable bonds is 3. The highest BCUT2D eigenvalue weighted by Crippen LogP contribution is 2.16. The Morgan fingerprint density at radius 1 is 1.37 bits per heavy atom. The first-order valence-electron chi connectivity index (χ1n) is 5.57. The lowest BCUT2D eigenvalue weighted by molar-refractivity contribution is -0.149. The summed E-state index contributed by atoms with van der Waals surface area (Å²) in [5.74, 6) is -0.666. The van der Waals surface area contributed by atoms with Gasteiger partial charge in [0.05, 0.1) is 0 Å². The highest BCUT2D eigenvalue weighted by Gasteiger charge is 2.19. The Hall–Kier alpha value is -1.97. The molecule has 1 aromatic rings. The molecule has 0 radical (unpaired) electrons. The fourth-order valence-corrected chi connectivity index (χ4v) is 1.35. The van der Waals surface area contributed by atoms with E-state index >= 15 is 0 Å². The van der Waals surface area contributed by atoms with Gasteiger partial charge in [0.1, 0.15) is 11.3 Å². The fourth-order valence-electron chi connectivity index (χ4n) is 1.22.